The molecule has 0 bridgehead atoms. The third-order valence-corrected chi connectivity index (χ3v) is 2.16. The van der Waals surface area contributed by atoms with Crippen LogP contribution in [0.25, 0.3) is 0 Å². The van der Waals surface area contributed by atoms with E-state index in [1.807, 2.05) is 20.8 Å². The second kappa shape index (κ2) is 6.68. The molecular weight excluding hydrogens is 178 g/mol. The predicted octanol–water partition coefficient (Wildman–Crippen LogP) is 2.95. The quantitative estimate of drug-likeness (QED) is 0.742. The van der Waals surface area contributed by atoms with Gasteiger partial charge in [0.2, 0.25) is 0 Å². The van der Waals surface area contributed by atoms with Crippen molar-refractivity contribution in [2.24, 2.45) is 5.92 Å². The summed E-state index contributed by atoms with van der Waals surface area (Å²) in [6, 6.07) is 0.191. The first kappa shape index (κ1) is 13.3. The standard InChI is InChI=1S/C11H23NO2/c1-6-9(4)7-10(5)12-11(13)14-8(2)3/h8-10H,6-7H2,1-5H3,(H,12,13). The summed E-state index contributed by atoms with van der Waals surface area (Å²) in [6.07, 6.45) is 1.79. The summed E-state index contributed by atoms with van der Waals surface area (Å²) in [4.78, 5) is 11.2. The largest absolute Gasteiger partial charge is 0.447 e. The molecule has 2 atom stereocenters. The fraction of sp³-hybridized carbons (Fsp3) is 0.909. The Morgan fingerprint density at radius 3 is 2.29 bits per heavy atom. The van der Waals surface area contributed by atoms with E-state index in [4.69, 9.17) is 4.74 Å². The minimum Gasteiger partial charge on any atom is -0.447 e. The number of carbonyl (C=O) groups is 1. The Bertz CT molecular complexity index is 169. The van der Waals surface area contributed by atoms with Crippen LogP contribution in [0.3, 0.4) is 0 Å². The van der Waals surface area contributed by atoms with Crippen molar-refractivity contribution in [3.05, 3.63) is 0 Å². The zero-order valence-corrected chi connectivity index (χ0v) is 9.96. The summed E-state index contributed by atoms with van der Waals surface area (Å²) in [6.45, 7) is 10.0. The van der Waals surface area contributed by atoms with Crippen molar-refractivity contribution in [1.29, 1.82) is 0 Å². The minimum atomic E-state index is -0.309. The lowest BCUT2D eigenvalue weighted by atomic mass is 10.0. The van der Waals surface area contributed by atoms with Crippen LogP contribution in [-0.4, -0.2) is 18.2 Å². The van der Waals surface area contributed by atoms with Crippen molar-refractivity contribution >= 4 is 6.09 Å². The second-order valence-electron chi connectivity index (χ2n) is 4.25. The third kappa shape index (κ3) is 6.75. The second-order valence-corrected chi connectivity index (χ2v) is 4.25. The Hall–Kier alpha value is -0.730. The highest BCUT2D eigenvalue weighted by molar-refractivity contribution is 5.67. The highest BCUT2D eigenvalue weighted by Gasteiger charge is 2.11. The van der Waals surface area contributed by atoms with Gasteiger partial charge in [0, 0.05) is 6.04 Å². The lowest BCUT2D eigenvalue weighted by Crippen LogP contribution is -2.35. The SMILES string of the molecule is CCC(C)CC(C)NC(=O)OC(C)C. The summed E-state index contributed by atoms with van der Waals surface area (Å²) < 4.78 is 4.99. The molecule has 0 aromatic heterocycles. The summed E-state index contributed by atoms with van der Waals surface area (Å²) in [7, 11) is 0. The number of hydrogen-bond donors (Lipinski definition) is 1. The van der Waals surface area contributed by atoms with Crippen molar-refractivity contribution in [1.82, 2.24) is 5.32 Å². The third-order valence-electron chi connectivity index (χ3n) is 2.16. The van der Waals surface area contributed by atoms with Crippen LogP contribution in [0.15, 0.2) is 0 Å². The van der Waals surface area contributed by atoms with E-state index in [1.165, 1.54) is 0 Å². The highest BCUT2D eigenvalue weighted by Crippen LogP contribution is 2.09. The maximum absolute atomic E-state index is 11.2. The molecule has 0 saturated heterocycles. The van der Waals surface area contributed by atoms with Crippen molar-refractivity contribution in [3.8, 4) is 0 Å². The van der Waals surface area contributed by atoms with Crippen molar-refractivity contribution in [3.63, 3.8) is 0 Å². The van der Waals surface area contributed by atoms with Gasteiger partial charge in [0.1, 0.15) is 0 Å². The number of amides is 1. The maximum Gasteiger partial charge on any atom is 0.407 e. The molecule has 1 amide bonds. The van der Waals surface area contributed by atoms with E-state index in [9.17, 15) is 4.79 Å². The van der Waals surface area contributed by atoms with Gasteiger partial charge in [-0.2, -0.15) is 0 Å². The van der Waals surface area contributed by atoms with E-state index in [0.29, 0.717) is 5.92 Å². The first-order chi connectivity index (χ1) is 6.45. The lowest BCUT2D eigenvalue weighted by molar-refractivity contribution is 0.112. The predicted molar refractivity (Wildman–Crippen MR) is 58.3 cm³/mol. The molecule has 0 fully saturated rings. The highest BCUT2D eigenvalue weighted by atomic mass is 16.6. The van der Waals surface area contributed by atoms with Crippen LogP contribution in [0.4, 0.5) is 4.79 Å². The summed E-state index contributed by atoms with van der Waals surface area (Å²) in [5.74, 6) is 0.643. The van der Waals surface area contributed by atoms with Crippen LogP contribution in [-0.2, 0) is 4.74 Å². The van der Waals surface area contributed by atoms with Crippen LogP contribution in [0.2, 0.25) is 0 Å². The van der Waals surface area contributed by atoms with Gasteiger partial charge in [-0.05, 0) is 33.1 Å². The fourth-order valence-corrected chi connectivity index (χ4v) is 1.28. The molecule has 84 valence electrons. The van der Waals surface area contributed by atoms with E-state index in [0.717, 1.165) is 12.8 Å². The molecule has 14 heavy (non-hydrogen) atoms. The smallest absolute Gasteiger partial charge is 0.407 e. The molecule has 3 heteroatoms. The van der Waals surface area contributed by atoms with Crippen molar-refractivity contribution < 1.29 is 9.53 Å². The van der Waals surface area contributed by atoms with Gasteiger partial charge in [0.25, 0.3) is 0 Å². The molecular formula is C11H23NO2. The molecule has 0 aliphatic carbocycles. The normalized spacial score (nSPS) is 15.0. The summed E-state index contributed by atoms with van der Waals surface area (Å²) in [5, 5.41) is 2.82. The molecule has 0 aromatic rings. The van der Waals surface area contributed by atoms with Gasteiger partial charge in [0.05, 0.1) is 6.10 Å². The van der Waals surface area contributed by atoms with Crippen LogP contribution in [0, 0.1) is 5.92 Å². The Kier molecular flexibility index (Phi) is 6.34. The summed E-state index contributed by atoms with van der Waals surface area (Å²) in [5.41, 5.74) is 0. The molecule has 0 heterocycles. The van der Waals surface area contributed by atoms with E-state index in [-0.39, 0.29) is 18.2 Å². The van der Waals surface area contributed by atoms with Crippen LogP contribution in [0.1, 0.15) is 47.5 Å². The van der Waals surface area contributed by atoms with Gasteiger partial charge in [0.15, 0.2) is 0 Å². The molecule has 2 unspecified atom stereocenters. The number of rotatable bonds is 5. The van der Waals surface area contributed by atoms with Gasteiger partial charge in [-0.1, -0.05) is 20.3 Å². The molecule has 0 aliphatic rings. The average Bonchev–Trinajstić information content (AvgIpc) is 2.01. The van der Waals surface area contributed by atoms with E-state index >= 15 is 0 Å². The van der Waals surface area contributed by atoms with E-state index in [1.54, 1.807) is 0 Å². The fourth-order valence-electron chi connectivity index (χ4n) is 1.28. The zero-order chi connectivity index (χ0) is 11.1. The Morgan fingerprint density at radius 2 is 1.86 bits per heavy atom. The first-order valence-electron chi connectivity index (χ1n) is 5.42. The zero-order valence-electron chi connectivity index (χ0n) is 9.96. The number of alkyl carbamates (subject to hydrolysis) is 1. The average molecular weight is 201 g/mol. The summed E-state index contributed by atoms with van der Waals surface area (Å²) >= 11 is 0. The topological polar surface area (TPSA) is 38.3 Å². The van der Waals surface area contributed by atoms with Crippen molar-refractivity contribution in [2.75, 3.05) is 0 Å². The van der Waals surface area contributed by atoms with Crippen LogP contribution >= 0.6 is 0 Å². The van der Waals surface area contributed by atoms with Gasteiger partial charge < -0.3 is 10.1 Å². The molecule has 0 aliphatic heterocycles. The molecule has 0 saturated carbocycles. The maximum atomic E-state index is 11.2. The molecule has 3 nitrogen and oxygen atoms in total. The Labute approximate surface area is 87.2 Å². The molecule has 0 spiro atoms. The monoisotopic (exact) mass is 201 g/mol. The van der Waals surface area contributed by atoms with E-state index in [2.05, 4.69) is 19.2 Å². The van der Waals surface area contributed by atoms with Gasteiger partial charge in [-0.3, -0.25) is 0 Å². The molecule has 1 N–H and O–H groups in total. The molecule has 0 aromatic carbocycles. The van der Waals surface area contributed by atoms with Gasteiger partial charge >= 0.3 is 6.09 Å². The van der Waals surface area contributed by atoms with Crippen LogP contribution in [0.5, 0.6) is 0 Å². The van der Waals surface area contributed by atoms with E-state index < -0.39 is 0 Å². The van der Waals surface area contributed by atoms with Crippen LogP contribution < -0.4 is 5.32 Å². The Balaban J connectivity index is 3.71. The minimum absolute atomic E-state index is 0.0502. The molecule has 0 radical (unpaired) electrons. The lowest BCUT2D eigenvalue weighted by Gasteiger charge is -2.18. The Morgan fingerprint density at radius 1 is 1.29 bits per heavy atom. The first-order valence-corrected chi connectivity index (χ1v) is 5.42. The molecule has 0 rings (SSSR count). The van der Waals surface area contributed by atoms with Crippen molar-refractivity contribution in [2.45, 2.75) is 59.6 Å². The number of hydrogen-bond acceptors (Lipinski definition) is 2. The number of nitrogens with one attached hydrogen (secondary N) is 1. The van der Waals surface area contributed by atoms with Gasteiger partial charge in [-0.25, -0.2) is 4.79 Å². The number of ether oxygens (including phenoxy) is 1. The van der Waals surface area contributed by atoms with Gasteiger partial charge in [-0.15, -0.1) is 0 Å². The number of carbonyl (C=O) groups excluding carboxylic acids is 1.